The van der Waals surface area contributed by atoms with Crippen LogP contribution in [-0.2, 0) is 7.05 Å². The highest BCUT2D eigenvalue weighted by molar-refractivity contribution is 6.02. The fraction of sp³-hybridized carbons (Fsp3) is 0.200. The molecule has 0 atom stereocenters. The molecule has 0 unspecified atom stereocenters. The Labute approximate surface area is 85.4 Å². The molecule has 0 fully saturated rings. The highest BCUT2D eigenvalue weighted by Gasteiger charge is 2.15. The Morgan fingerprint density at radius 3 is 3.00 bits per heavy atom. The Bertz CT molecular complexity index is 536. The number of carbonyl (C=O) groups excluding carboxylic acids is 2. The molecule has 2 N–H and O–H groups in total. The molecular weight excluding hydrogens is 196 g/mol. The predicted octanol–water partition coefficient (Wildman–Crippen LogP) is 0.725. The summed E-state index contributed by atoms with van der Waals surface area (Å²) >= 11 is 0. The van der Waals surface area contributed by atoms with E-state index in [1.807, 2.05) is 0 Å². The quantitative estimate of drug-likeness (QED) is 0.593. The molecule has 0 aliphatic rings. The molecule has 0 amide bonds. The number of carbonyl (C=O) groups is 2. The maximum absolute atomic E-state index is 11.3. The molecule has 2 aromatic rings. The Hall–Kier alpha value is -1.88. The van der Waals surface area contributed by atoms with E-state index in [0.29, 0.717) is 16.7 Å². The van der Waals surface area contributed by atoms with Crippen molar-refractivity contribution in [2.45, 2.75) is 0 Å². The van der Waals surface area contributed by atoms with Gasteiger partial charge in [-0.2, -0.15) is 0 Å². The van der Waals surface area contributed by atoms with Crippen molar-refractivity contribution in [3.8, 4) is 0 Å². The van der Waals surface area contributed by atoms with Crippen LogP contribution >= 0.6 is 0 Å². The molecule has 0 aliphatic heterocycles. The van der Waals surface area contributed by atoms with E-state index in [-0.39, 0.29) is 18.1 Å². The van der Waals surface area contributed by atoms with Crippen LogP contribution in [0.1, 0.15) is 20.9 Å². The molecule has 5 nitrogen and oxygen atoms in total. The van der Waals surface area contributed by atoms with Crippen LogP contribution in [0.4, 0.5) is 0 Å². The zero-order valence-corrected chi connectivity index (χ0v) is 8.19. The molecule has 0 saturated heterocycles. The molecular formula is C10H10N2O3. The van der Waals surface area contributed by atoms with E-state index < -0.39 is 0 Å². The van der Waals surface area contributed by atoms with Crippen molar-refractivity contribution in [3.05, 3.63) is 23.6 Å². The van der Waals surface area contributed by atoms with Crippen molar-refractivity contribution in [2.75, 3.05) is 6.54 Å². The van der Waals surface area contributed by atoms with E-state index >= 15 is 0 Å². The highest BCUT2D eigenvalue weighted by atomic mass is 16.4. The van der Waals surface area contributed by atoms with E-state index in [0.717, 1.165) is 6.29 Å². The van der Waals surface area contributed by atoms with Crippen molar-refractivity contribution in [1.82, 2.24) is 4.57 Å². The van der Waals surface area contributed by atoms with Crippen molar-refractivity contribution < 1.29 is 14.0 Å². The summed E-state index contributed by atoms with van der Waals surface area (Å²) in [6.45, 7) is -0.101. The third-order valence-electron chi connectivity index (χ3n) is 2.26. The number of aromatic nitrogens is 1. The number of aryl methyl sites for hydroxylation is 1. The van der Waals surface area contributed by atoms with E-state index in [9.17, 15) is 9.59 Å². The van der Waals surface area contributed by atoms with Gasteiger partial charge in [0, 0.05) is 18.8 Å². The van der Waals surface area contributed by atoms with Gasteiger partial charge in [-0.15, -0.1) is 0 Å². The molecule has 2 rings (SSSR count). The third kappa shape index (κ3) is 1.37. The zero-order chi connectivity index (χ0) is 11.0. The number of rotatable bonds is 3. The molecule has 0 aliphatic carbocycles. The number of nitrogens with zero attached hydrogens (tertiary/aromatic N) is 1. The summed E-state index contributed by atoms with van der Waals surface area (Å²) in [7, 11) is 1.75. The number of Topliss-reactive ketones (excluding diaryl/α,β-unsaturated/α-hetero) is 1. The van der Waals surface area contributed by atoms with Crippen LogP contribution in [0.25, 0.3) is 11.1 Å². The average molecular weight is 206 g/mol. The lowest BCUT2D eigenvalue weighted by molar-refractivity contribution is 0.0976. The molecule has 2 heterocycles. The SMILES string of the molecule is Cn1cc(C=O)c2cc(C(=O)CN)oc21. The Morgan fingerprint density at radius 2 is 2.40 bits per heavy atom. The Balaban J connectivity index is 2.65. The number of nitrogens with two attached hydrogens (primary N) is 1. The van der Waals surface area contributed by atoms with Crippen LogP contribution in [0.2, 0.25) is 0 Å². The molecule has 78 valence electrons. The van der Waals surface area contributed by atoms with Gasteiger partial charge in [0.2, 0.25) is 11.5 Å². The number of hydrogen-bond acceptors (Lipinski definition) is 4. The highest BCUT2D eigenvalue weighted by Crippen LogP contribution is 2.23. The summed E-state index contributed by atoms with van der Waals surface area (Å²) in [4.78, 5) is 22.0. The normalized spacial score (nSPS) is 10.8. The molecule has 15 heavy (non-hydrogen) atoms. The molecule has 0 bridgehead atoms. The minimum atomic E-state index is -0.275. The van der Waals surface area contributed by atoms with E-state index in [2.05, 4.69) is 0 Å². The third-order valence-corrected chi connectivity index (χ3v) is 2.26. The van der Waals surface area contributed by atoms with Gasteiger partial charge in [0.25, 0.3) is 0 Å². The fourth-order valence-corrected chi connectivity index (χ4v) is 1.52. The summed E-state index contributed by atoms with van der Waals surface area (Å²) < 4.78 is 6.97. The predicted molar refractivity (Wildman–Crippen MR) is 54.0 cm³/mol. The topological polar surface area (TPSA) is 78.2 Å². The second kappa shape index (κ2) is 3.36. The van der Waals surface area contributed by atoms with Crippen molar-refractivity contribution in [1.29, 1.82) is 0 Å². The summed E-state index contributed by atoms with van der Waals surface area (Å²) in [6.07, 6.45) is 2.38. The van der Waals surface area contributed by atoms with Gasteiger partial charge in [-0.1, -0.05) is 0 Å². The number of aldehydes is 1. The van der Waals surface area contributed by atoms with Gasteiger partial charge in [0.05, 0.1) is 11.9 Å². The van der Waals surface area contributed by atoms with Crippen molar-refractivity contribution in [2.24, 2.45) is 12.8 Å². The standard InChI is InChI=1S/C10H10N2O3/c1-12-4-6(5-13)7-2-9(8(14)3-11)15-10(7)12/h2,4-5H,3,11H2,1H3. The summed E-state index contributed by atoms with van der Waals surface area (Å²) in [5.41, 5.74) is 6.23. The molecule has 5 heteroatoms. The lowest BCUT2D eigenvalue weighted by atomic mass is 10.2. The van der Waals surface area contributed by atoms with Gasteiger partial charge in [0.1, 0.15) is 0 Å². The van der Waals surface area contributed by atoms with Crippen LogP contribution in [0.15, 0.2) is 16.7 Å². The second-order valence-corrected chi connectivity index (χ2v) is 3.27. The lowest BCUT2D eigenvalue weighted by Gasteiger charge is -1.91. The Morgan fingerprint density at radius 1 is 1.67 bits per heavy atom. The number of fused-ring (bicyclic) bond motifs is 1. The number of furan rings is 1. The lowest BCUT2D eigenvalue weighted by Crippen LogP contribution is -2.12. The molecule has 0 radical (unpaired) electrons. The molecule has 0 spiro atoms. The largest absolute Gasteiger partial charge is 0.436 e. The first-order valence-corrected chi connectivity index (χ1v) is 4.44. The maximum atomic E-state index is 11.3. The van der Waals surface area contributed by atoms with Gasteiger partial charge < -0.3 is 14.7 Å². The first kappa shape index (κ1) is 9.67. The molecule has 0 saturated carbocycles. The van der Waals surface area contributed by atoms with Gasteiger partial charge >= 0.3 is 0 Å². The number of hydrogen-bond donors (Lipinski definition) is 1. The van der Waals surface area contributed by atoms with E-state index in [1.54, 1.807) is 23.9 Å². The second-order valence-electron chi connectivity index (χ2n) is 3.27. The van der Waals surface area contributed by atoms with E-state index in [1.165, 1.54) is 0 Å². The molecule has 0 aromatic carbocycles. The first-order chi connectivity index (χ1) is 7.17. The minimum absolute atomic E-state index is 0.101. The van der Waals surface area contributed by atoms with Gasteiger partial charge in [-0.05, 0) is 6.07 Å². The molecule has 2 aromatic heterocycles. The summed E-state index contributed by atoms with van der Waals surface area (Å²) in [5.74, 6) is -0.0788. The van der Waals surface area contributed by atoms with Crippen molar-refractivity contribution >= 4 is 23.2 Å². The van der Waals surface area contributed by atoms with E-state index in [4.69, 9.17) is 10.2 Å². The van der Waals surface area contributed by atoms with Crippen LogP contribution < -0.4 is 5.73 Å². The minimum Gasteiger partial charge on any atom is -0.436 e. The van der Waals surface area contributed by atoms with Gasteiger partial charge in [-0.25, -0.2) is 0 Å². The Kier molecular flexibility index (Phi) is 2.17. The van der Waals surface area contributed by atoms with Crippen molar-refractivity contribution in [3.63, 3.8) is 0 Å². The summed E-state index contributed by atoms with van der Waals surface area (Å²) in [5, 5.41) is 0.643. The number of ketones is 1. The monoisotopic (exact) mass is 206 g/mol. The smallest absolute Gasteiger partial charge is 0.211 e. The zero-order valence-electron chi connectivity index (χ0n) is 8.19. The van der Waals surface area contributed by atoms with Gasteiger partial charge in [0.15, 0.2) is 12.0 Å². The van der Waals surface area contributed by atoms with Crippen LogP contribution in [-0.4, -0.2) is 23.2 Å². The summed E-state index contributed by atoms with van der Waals surface area (Å²) in [6, 6.07) is 1.55. The van der Waals surface area contributed by atoms with Crippen LogP contribution in [0.3, 0.4) is 0 Å². The van der Waals surface area contributed by atoms with Crippen LogP contribution in [0, 0.1) is 0 Å². The maximum Gasteiger partial charge on any atom is 0.211 e. The van der Waals surface area contributed by atoms with Gasteiger partial charge in [-0.3, -0.25) is 9.59 Å². The fourth-order valence-electron chi connectivity index (χ4n) is 1.52. The van der Waals surface area contributed by atoms with Crippen LogP contribution in [0.5, 0.6) is 0 Å². The first-order valence-electron chi connectivity index (χ1n) is 4.44. The average Bonchev–Trinajstić information content (AvgIpc) is 2.78.